The average molecular weight is 390 g/mol. The lowest BCUT2D eigenvalue weighted by Gasteiger charge is -1.98. The number of ether oxygens (including phenoxy) is 1. The second-order valence-corrected chi connectivity index (χ2v) is 7.48. The van der Waals surface area contributed by atoms with Crippen molar-refractivity contribution >= 4 is 34.8 Å². The van der Waals surface area contributed by atoms with Crippen molar-refractivity contribution in [1.82, 2.24) is 0 Å². The predicted octanol–water partition coefficient (Wildman–Crippen LogP) is 6.37. The molecule has 0 radical (unpaired) electrons. The molecule has 0 unspecified atom stereocenters. The van der Waals surface area contributed by atoms with Gasteiger partial charge in [0.1, 0.15) is 17.4 Å². The number of aliphatic imine (C=N–C) groups is 1. The fourth-order valence-corrected chi connectivity index (χ4v) is 4.16. The highest BCUT2D eigenvalue weighted by atomic mass is 32.1. The van der Waals surface area contributed by atoms with Gasteiger partial charge in [0.15, 0.2) is 5.76 Å². The van der Waals surface area contributed by atoms with E-state index in [1.165, 1.54) is 0 Å². The molecular weight excluding hydrogens is 376 g/mol. The number of thiophene rings is 2. The molecule has 6 heteroatoms. The topological polar surface area (TPSA) is 58.5 Å². The summed E-state index contributed by atoms with van der Waals surface area (Å²) in [7, 11) is 1.63. The van der Waals surface area contributed by atoms with Crippen LogP contribution < -0.4 is 4.74 Å². The molecule has 3 heterocycles. The summed E-state index contributed by atoms with van der Waals surface area (Å²) < 4.78 is 11.2. The van der Waals surface area contributed by atoms with E-state index in [0.29, 0.717) is 17.2 Å². The van der Waals surface area contributed by atoms with Gasteiger partial charge in [-0.2, -0.15) is 5.26 Å². The zero-order chi connectivity index (χ0) is 18.6. The van der Waals surface area contributed by atoms with Crippen LogP contribution >= 0.6 is 22.7 Å². The normalized spacial score (nSPS) is 11.0. The Labute approximate surface area is 164 Å². The molecule has 0 saturated heterocycles. The smallest absolute Gasteiger partial charge is 0.238 e. The molecule has 0 N–H and O–H groups in total. The SMILES string of the molecule is COc1ccc(/C=N/c2oc(-c3cccs3)c(-c3cccs3)c2C#N)cc1. The Hall–Kier alpha value is -3.14. The molecule has 3 aromatic heterocycles. The molecule has 27 heavy (non-hydrogen) atoms. The van der Waals surface area contributed by atoms with E-state index in [4.69, 9.17) is 9.15 Å². The summed E-state index contributed by atoms with van der Waals surface area (Å²) >= 11 is 3.15. The Balaban J connectivity index is 1.80. The van der Waals surface area contributed by atoms with Crippen molar-refractivity contribution in [1.29, 1.82) is 5.26 Å². The number of benzene rings is 1. The van der Waals surface area contributed by atoms with Crippen molar-refractivity contribution in [3.05, 3.63) is 70.4 Å². The van der Waals surface area contributed by atoms with E-state index in [9.17, 15) is 5.26 Å². The summed E-state index contributed by atoms with van der Waals surface area (Å²) in [4.78, 5) is 6.42. The van der Waals surface area contributed by atoms with E-state index in [1.807, 2.05) is 59.3 Å². The Bertz CT molecular complexity index is 1100. The van der Waals surface area contributed by atoms with E-state index in [0.717, 1.165) is 26.6 Å². The Morgan fingerprint density at radius 2 is 1.74 bits per heavy atom. The van der Waals surface area contributed by atoms with Gasteiger partial charge in [-0.1, -0.05) is 12.1 Å². The summed E-state index contributed by atoms with van der Waals surface area (Å²) in [5, 5.41) is 13.8. The lowest BCUT2D eigenvalue weighted by atomic mass is 10.1. The fourth-order valence-electron chi connectivity index (χ4n) is 2.67. The first-order chi connectivity index (χ1) is 13.3. The van der Waals surface area contributed by atoms with Crippen molar-refractivity contribution < 1.29 is 9.15 Å². The van der Waals surface area contributed by atoms with Crippen molar-refractivity contribution in [3.8, 4) is 32.9 Å². The van der Waals surface area contributed by atoms with Crippen LogP contribution in [0.1, 0.15) is 11.1 Å². The van der Waals surface area contributed by atoms with E-state index in [2.05, 4.69) is 11.1 Å². The first-order valence-corrected chi connectivity index (χ1v) is 9.89. The summed E-state index contributed by atoms with van der Waals surface area (Å²) in [5.74, 6) is 1.79. The molecule has 0 spiro atoms. The van der Waals surface area contributed by atoms with Gasteiger partial charge in [0.25, 0.3) is 0 Å². The summed E-state index contributed by atoms with van der Waals surface area (Å²) in [6.07, 6.45) is 1.69. The molecule has 0 amide bonds. The van der Waals surface area contributed by atoms with E-state index in [1.54, 1.807) is 36.0 Å². The predicted molar refractivity (Wildman–Crippen MR) is 110 cm³/mol. The van der Waals surface area contributed by atoms with Crippen molar-refractivity contribution in [2.45, 2.75) is 0 Å². The monoisotopic (exact) mass is 390 g/mol. The standard InChI is InChI=1S/C21H14N2O2S2/c1-24-15-8-6-14(7-9-15)13-23-21-16(12-22)19(17-4-2-10-26-17)20(25-21)18-5-3-11-27-18/h2-11,13H,1H3/b23-13+. The Morgan fingerprint density at radius 3 is 2.33 bits per heavy atom. The van der Waals surface area contributed by atoms with Gasteiger partial charge in [-0.25, -0.2) is 4.99 Å². The second kappa shape index (κ2) is 7.62. The van der Waals surface area contributed by atoms with Gasteiger partial charge in [-0.3, -0.25) is 0 Å². The maximum atomic E-state index is 9.78. The Kier molecular flexibility index (Phi) is 4.88. The molecule has 132 valence electrons. The van der Waals surface area contributed by atoms with Crippen molar-refractivity contribution in [3.63, 3.8) is 0 Å². The van der Waals surface area contributed by atoms with E-state index in [-0.39, 0.29) is 0 Å². The molecule has 0 atom stereocenters. The van der Waals surface area contributed by atoms with Crippen LogP contribution in [0.5, 0.6) is 5.75 Å². The fraction of sp³-hybridized carbons (Fsp3) is 0.0476. The number of rotatable bonds is 5. The van der Waals surface area contributed by atoms with Crippen molar-refractivity contribution in [2.24, 2.45) is 4.99 Å². The lowest BCUT2D eigenvalue weighted by Crippen LogP contribution is -1.84. The zero-order valence-corrected chi connectivity index (χ0v) is 16.0. The van der Waals surface area contributed by atoms with Gasteiger partial charge in [-0.05, 0) is 52.7 Å². The molecule has 4 aromatic rings. The van der Waals surface area contributed by atoms with Gasteiger partial charge in [0.2, 0.25) is 5.88 Å². The maximum Gasteiger partial charge on any atom is 0.238 e. The van der Waals surface area contributed by atoms with Crippen LogP contribution in [0.2, 0.25) is 0 Å². The van der Waals surface area contributed by atoms with Crippen LogP contribution in [-0.2, 0) is 0 Å². The largest absolute Gasteiger partial charge is 0.497 e. The Morgan fingerprint density at radius 1 is 1.04 bits per heavy atom. The number of nitrogens with zero attached hydrogens (tertiary/aromatic N) is 2. The summed E-state index contributed by atoms with van der Waals surface area (Å²) in [5.41, 5.74) is 2.15. The average Bonchev–Trinajstić information content (AvgIpc) is 3.46. The minimum absolute atomic E-state index is 0.320. The number of hydrogen-bond acceptors (Lipinski definition) is 6. The first kappa shape index (κ1) is 17.3. The molecule has 4 rings (SSSR count). The van der Waals surface area contributed by atoms with Crippen molar-refractivity contribution in [2.75, 3.05) is 7.11 Å². The van der Waals surface area contributed by atoms with Crippen LogP contribution in [0, 0.1) is 11.3 Å². The molecule has 0 aliphatic rings. The maximum absolute atomic E-state index is 9.78. The van der Waals surface area contributed by atoms with E-state index >= 15 is 0 Å². The van der Waals surface area contributed by atoms with E-state index < -0.39 is 0 Å². The highest BCUT2D eigenvalue weighted by Crippen LogP contribution is 2.45. The highest BCUT2D eigenvalue weighted by Gasteiger charge is 2.23. The molecule has 1 aromatic carbocycles. The first-order valence-electron chi connectivity index (χ1n) is 8.13. The van der Waals surface area contributed by atoms with Gasteiger partial charge in [-0.15, -0.1) is 22.7 Å². The number of furan rings is 1. The molecule has 0 bridgehead atoms. The molecule has 0 aliphatic carbocycles. The number of nitriles is 1. The minimum Gasteiger partial charge on any atom is -0.497 e. The third kappa shape index (κ3) is 3.43. The summed E-state index contributed by atoms with van der Waals surface area (Å²) in [6, 6.07) is 17.7. The van der Waals surface area contributed by atoms with Crippen LogP contribution in [0.15, 0.2) is 68.7 Å². The number of hydrogen-bond donors (Lipinski definition) is 0. The molecule has 4 nitrogen and oxygen atoms in total. The molecule has 0 aliphatic heterocycles. The third-order valence-electron chi connectivity index (χ3n) is 3.96. The minimum atomic E-state index is 0.320. The van der Waals surface area contributed by atoms with Gasteiger partial charge in [0, 0.05) is 11.1 Å². The van der Waals surface area contributed by atoms with Crippen LogP contribution in [0.3, 0.4) is 0 Å². The van der Waals surface area contributed by atoms with Gasteiger partial charge >= 0.3 is 0 Å². The lowest BCUT2D eigenvalue weighted by molar-refractivity contribution is 0.415. The molecule has 0 fully saturated rings. The highest BCUT2D eigenvalue weighted by molar-refractivity contribution is 7.14. The molecular formula is C21H14N2O2S2. The summed E-state index contributed by atoms with van der Waals surface area (Å²) in [6.45, 7) is 0. The number of methoxy groups -OCH3 is 1. The quantitative estimate of drug-likeness (QED) is 0.372. The van der Waals surface area contributed by atoms with Crippen LogP contribution in [-0.4, -0.2) is 13.3 Å². The van der Waals surface area contributed by atoms with Gasteiger partial charge in [0.05, 0.1) is 17.6 Å². The van der Waals surface area contributed by atoms with Gasteiger partial charge < -0.3 is 9.15 Å². The van der Waals surface area contributed by atoms with Crippen LogP contribution in [0.25, 0.3) is 21.1 Å². The zero-order valence-electron chi connectivity index (χ0n) is 14.4. The third-order valence-corrected chi connectivity index (χ3v) is 5.72. The molecule has 0 saturated carbocycles. The van der Waals surface area contributed by atoms with Crippen LogP contribution in [0.4, 0.5) is 5.88 Å². The second-order valence-electron chi connectivity index (χ2n) is 5.58.